The van der Waals surface area contributed by atoms with Crippen molar-refractivity contribution >= 4 is 32.8 Å². The van der Waals surface area contributed by atoms with Crippen LogP contribution in [0.15, 0.2) is 52.1 Å². The summed E-state index contributed by atoms with van der Waals surface area (Å²) in [5.74, 6) is 0.162. The van der Waals surface area contributed by atoms with Crippen molar-refractivity contribution in [2.45, 2.75) is 25.9 Å². The minimum Gasteiger partial charge on any atom is -0.497 e. The van der Waals surface area contributed by atoms with Gasteiger partial charge in [-0.25, -0.2) is 9.59 Å². The molecule has 1 heterocycles. The zero-order chi connectivity index (χ0) is 21.7. The molecule has 0 aliphatic heterocycles. The van der Waals surface area contributed by atoms with Gasteiger partial charge in [-0.3, -0.25) is 13.9 Å². The fraction of sp³-hybridized carbons (Fsp3) is 0.318. The van der Waals surface area contributed by atoms with Crippen molar-refractivity contribution in [3.8, 4) is 5.75 Å². The maximum atomic E-state index is 13.2. The van der Waals surface area contributed by atoms with E-state index >= 15 is 0 Å². The average Bonchev–Trinajstić information content (AvgIpc) is 2.78. The number of esters is 1. The van der Waals surface area contributed by atoms with Gasteiger partial charge in [0.05, 0.1) is 37.2 Å². The van der Waals surface area contributed by atoms with Crippen LogP contribution in [0.5, 0.6) is 5.75 Å². The number of halogens is 1. The average molecular weight is 475 g/mol. The van der Waals surface area contributed by atoms with E-state index < -0.39 is 11.5 Å². The number of aryl methyl sites for hydroxylation is 1. The van der Waals surface area contributed by atoms with Crippen molar-refractivity contribution in [2.75, 3.05) is 19.5 Å². The maximum absolute atomic E-state index is 13.2. The van der Waals surface area contributed by atoms with E-state index in [0.29, 0.717) is 23.2 Å². The first-order valence-corrected chi connectivity index (χ1v) is 10.7. The lowest BCUT2D eigenvalue weighted by Gasteiger charge is -2.15. The highest BCUT2D eigenvalue weighted by molar-refractivity contribution is 9.09. The van der Waals surface area contributed by atoms with Gasteiger partial charge in [0.2, 0.25) is 0 Å². The molecule has 0 saturated carbocycles. The summed E-state index contributed by atoms with van der Waals surface area (Å²) >= 11 is 3.40. The number of rotatable bonds is 8. The Hall–Kier alpha value is -2.87. The van der Waals surface area contributed by atoms with E-state index in [9.17, 15) is 14.4 Å². The highest BCUT2D eigenvalue weighted by Gasteiger charge is 2.16. The molecule has 0 spiro atoms. The van der Waals surface area contributed by atoms with E-state index in [-0.39, 0.29) is 17.8 Å². The number of ether oxygens (including phenoxy) is 2. The standard InChI is InChI=1S/C22H23BrN2O5/c1-29-17-8-5-15(6-9-17)14-25-20(26)18-13-16(21(27)30-2)7-10-19(18)24(22(25)28)12-4-3-11-23/h5-10,13H,3-4,11-12,14H2,1-2H3. The number of aromatic nitrogens is 2. The quantitative estimate of drug-likeness (QED) is 0.284. The molecule has 0 fully saturated rings. The Morgan fingerprint density at radius 2 is 1.73 bits per heavy atom. The second-order valence-electron chi connectivity index (χ2n) is 6.79. The highest BCUT2D eigenvalue weighted by atomic mass is 79.9. The Morgan fingerprint density at radius 3 is 2.37 bits per heavy atom. The molecule has 0 saturated heterocycles. The van der Waals surface area contributed by atoms with Crippen molar-refractivity contribution in [3.63, 3.8) is 0 Å². The molecule has 3 rings (SSSR count). The fourth-order valence-corrected chi connectivity index (χ4v) is 3.70. The molecule has 0 aliphatic rings. The van der Waals surface area contributed by atoms with E-state index in [1.54, 1.807) is 35.9 Å². The maximum Gasteiger partial charge on any atom is 0.337 e. The van der Waals surface area contributed by atoms with Crippen LogP contribution in [-0.4, -0.2) is 34.7 Å². The van der Waals surface area contributed by atoms with Gasteiger partial charge in [0.25, 0.3) is 5.56 Å². The van der Waals surface area contributed by atoms with Crippen LogP contribution in [0.3, 0.4) is 0 Å². The molecule has 30 heavy (non-hydrogen) atoms. The summed E-state index contributed by atoms with van der Waals surface area (Å²) in [4.78, 5) is 38.3. The number of hydrogen-bond donors (Lipinski definition) is 0. The largest absolute Gasteiger partial charge is 0.497 e. The molecule has 7 nitrogen and oxygen atoms in total. The lowest BCUT2D eigenvalue weighted by molar-refractivity contribution is 0.0601. The van der Waals surface area contributed by atoms with Crippen LogP contribution in [0.4, 0.5) is 0 Å². The molecule has 0 aliphatic carbocycles. The summed E-state index contributed by atoms with van der Waals surface area (Å²) in [7, 11) is 2.86. The molecule has 0 N–H and O–H groups in total. The summed E-state index contributed by atoms with van der Waals surface area (Å²) in [6, 6.07) is 11.9. The Labute approximate surface area is 182 Å². The van der Waals surface area contributed by atoms with Gasteiger partial charge in [-0.15, -0.1) is 0 Å². The summed E-state index contributed by atoms with van der Waals surface area (Å²) in [5.41, 5.74) is 0.768. The smallest absolute Gasteiger partial charge is 0.337 e. The monoisotopic (exact) mass is 474 g/mol. The minimum atomic E-state index is -0.532. The van der Waals surface area contributed by atoms with Crippen molar-refractivity contribution < 1.29 is 14.3 Å². The molecule has 0 unspecified atom stereocenters. The molecular weight excluding hydrogens is 452 g/mol. The van der Waals surface area contributed by atoms with Gasteiger partial charge in [-0.05, 0) is 48.7 Å². The predicted octanol–water partition coefficient (Wildman–Crippen LogP) is 3.18. The second-order valence-corrected chi connectivity index (χ2v) is 7.59. The minimum absolute atomic E-state index is 0.124. The van der Waals surface area contributed by atoms with Crippen molar-refractivity contribution in [1.29, 1.82) is 0 Å². The number of benzene rings is 2. The number of hydrogen-bond acceptors (Lipinski definition) is 5. The molecule has 2 aromatic carbocycles. The Morgan fingerprint density at radius 1 is 1.00 bits per heavy atom. The summed E-state index contributed by atoms with van der Waals surface area (Å²) in [5, 5.41) is 1.14. The normalized spacial score (nSPS) is 10.9. The molecule has 3 aromatic rings. The highest BCUT2D eigenvalue weighted by Crippen LogP contribution is 2.15. The van der Waals surface area contributed by atoms with Gasteiger partial charge in [-0.2, -0.15) is 0 Å². The first kappa shape index (κ1) is 21.8. The first-order chi connectivity index (χ1) is 14.5. The lowest BCUT2D eigenvalue weighted by atomic mass is 10.1. The van der Waals surface area contributed by atoms with E-state index in [1.165, 1.54) is 17.7 Å². The van der Waals surface area contributed by atoms with Crippen molar-refractivity contribution in [1.82, 2.24) is 9.13 Å². The first-order valence-electron chi connectivity index (χ1n) is 9.54. The third-order valence-corrected chi connectivity index (χ3v) is 5.47. The molecule has 158 valence electrons. The van der Waals surface area contributed by atoms with Crippen LogP contribution in [-0.2, 0) is 17.8 Å². The van der Waals surface area contributed by atoms with E-state index in [0.717, 1.165) is 23.7 Å². The van der Waals surface area contributed by atoms with Crippen LogP contribution < -0.4 is 16.0 Å². The number of carbonyl (C=O) groups is 1. The summed E-state index contributed by atoms with van der Waals surface area (Å²) in [6.07, 6.45) is 1.67. The Balaban J connectivity index is 2.17. The third-order valence-electron chi connectivity index (χ3n) is 4.91. The van der Waals surface area contributed by atoms with Crippen LogP contribution in [0, 0.1) is 0 Å². The van der Waals surface area contributed by atoms with Gasteiger partial charge in [0.15, 0.2) is 0 Å². The van der Waals surface area contributed by atoms with Crippen molar-refractivity contribution in [3.05, 3.63) is 74.4 Å². The van der Waals surface area contributed by atoms with Gasteiger partial charge in [0.1, 0.15) is 5.75 Å². The Bertz CT molecular complexity index is 1170. The van der Waals surface area contributed by atoms with Crippen LogP contribution in [0.25, 0.3) is 10.9 Å². The topological polar surface area (TPSA) is 79.5 Å². The fourth-order valence-electron chi connectivity index (χ4n) is 3.30. The Kier molecular flexibility index (Phi) is 7.10. The summed E-state index contributed by atoms with van der Waals surface area (Å²) < 4.78 is 12.7. The van der Waals surface area contributed by atoms with E-state index in [1.807, 2.05) is 12.1 Å². The van der Waals surface area contributed by atoms with Crippen LogP contribution >= 0.6 is 15.9 Å². The van der Waals surface area contributed by atoms with E-state index in [2.05, 4.69) is 15.9 Å². The number of methoxy groups -OCH3 is 2. The second kappa shape index (κ2) is 9.75. The van der Waals surface area contributed by atoms with Gasteiger partial charge < -0.3 is 9.47 Å². The van der Waals surface area contributed by atoms with Gasteiger partial charge in [-0.1, -0.05) is 28.1 Å². The van der Waals surface area contributed by atoms with Crippen LogP contribution in [0.1, 0.15) is 28.8 Å². The molecule has 8 heteroatoms. The molecule has 0 atom stereocenters. The number of unbranched alkanes of at least 4 members (excludes halogenated alkanes) is 1. The SMILES string of the molecule is COC(=O)c1ccc2c(c1)c(=O)n(Cc1ccc(OC)cc1)c(=O)n2CCCCBr. The van der Waals surface area contributed by atoms with Gasteiger partial charge in [0, 0.05) is 11.9 Å². The van der Waals surface area contributed by atoms with Crippen LogP contribution in [0.2, 0.25) is 0 Å². The lowest BCUT2D eigenvalue weighted by Crippen LogP contribution is -2.40. The zero-order valence-electron chi connectivity index (χ0n) is 16.9. The zero-order valence-corrected chi connectivity index (χ0v) is 18.5. The predicted molar refractivity (Wildman–Crippen MR) is 119 cm³/mol. The molecule has 0 bridgehead atoms. The number of alkyl halides is 1. The third kappa shape index (κ3) is 4.48. The van der Waals surface area contributed by atoms with E-state index in [4.69, 9.17) is 9.47 Å². The molecule has 0 radical (unpaired) electrons. The number of fused-ring (bicyclic) bond motifs is 1. The summed E-state index contributed by atoms with van der Waals surface area (Å²) in [6.45, 7) is 0.597. The van der Waals surface area contributed by atoms with Crippen molar-refractivity contribution in [2.24, 2.45) is 0 Å². The van der Waals surface area contributed by atoms with Gasteiger partial charge >= 0.3 is 11.7 Å². The number of carbonyl (C=O) groups excluding carboxylic acids is 1. The molecule has 0 amide bonds. The molecule has 1 aromatic heterocycles. The molecular formula is C22H23BrN2O5. The number of nitrogens with zero attached hydrogens (tertiary/aromatic N) is 2.